The monoisotopic (exact) mass is 232 g/mol. The van der Waals surface area contributed by atoms with Crippen molar-refractivity contribution in [3.05, 3.63) is 35.9 Å². The second kappa shape index (κ2) is 7.46. The fraction of sp³-hybridized carbons (Fsp3) is 0.600. The van der Waals surface area contributed by atoms with Crippen LogP contribution in [0.15, 0.2) is 30.3 Å². The number of aryl methyl sites for hydroxylation is 1. The fourth-order valence-electron chi connectivity index (χ4n) is 1.99. The summed E-state index contributed by atoms with van der Waals surface area (Å²) in [6.07, 6.45) is 6.46. The van der Waals surface area contributed by atoms with Crippen molar-refractivity contribution in [2.75, 3.05) is 19.6 Å². The molecule has 1 saturated carbocycles. The summed E-state index contributed by atoms with van der Waals surface area (Å²) in [7, 11) is 0. The molecule has 0 aromatic heterocycles. The van der Waals surface area contributed by atoms with Gasteiger partial charge in [0.25, 0.3) is 0 Å². The first-order valence-corrected chi connectivity index (χ1v) is 6.93. The van der Waals surface area contributed by atoms with Crippen molar-refractivity contribution in [2.24, 2.45) is 0 Å². The largest absolute Gasteiger partial charge is 0.317 e. The van der Waals surface area contributed by atoms with Gasteiger partial charge >= 0.3 is 0 Å². The molecule has 2 rings (SSSR count). The molecule has 1 aromatic carbocycles. The Labute approximate surface area is 105 Å². The van der Waals surface area contributed by atoms with Crippen molar-refractivity contribution in [3.63, 3.8) is 0 Å². The highest BCUT2D eigenvalue weighted by Crippen LogP contribution is 2.18. The maximum atomic E-state index is 3.53. The maximum Gasteiger partial charge on any atom is 0.00682 e. The third kappa shape index (κ3) is 5.85. The van der Waals surface area contributed by atoms with E-state index in [4.69, 9.17) is 0 Å². The van der Waals surface area contributed by atoms with Crippen molar-refractivity contribution >= 4 is 0 Å². The lowest BCUT2D eigenvalue weighted by atomic mass is 10.1. The molecular weight excluding hydrogens is 208 g/mol. The van der Waals surface area contributed by atoms with Crippen molar-refractivity contribution in [1.82, 2.24) is 10.6 Å². The highest BCUT2D eigenvalue weighted by molar-refractivity contribution is 5.14. The first-order chi connectivity index (χ1) is 8.45. The van der Waals surface area contributed by atoms with Crippen LogP contribution in [0.4, 0.5) is 0 Å². The third-order valence-corrected chi connectivity index (χ3v) is 3.20. The highest BCUT2D eigenvalue weighted by Gasteiger charge is 2.19. The molecule has 2 heteroatoms. The van der Waals surface area contributed by atoms with Crippen LogP contribution in [0.3, 0.4) is 0 Å². The van der Waals surface area contributed by atoms with Crippen LogP contribution < -0.4 is 10.6 Å². The average molecular weight is 232 g/mol. The predicted molar refractivity (Wildman–Crippen MR) is 73.3 cm³/mol. The normalized spacial score (nSPS) is 15.1. The van der Waals surface area contributed by atoms with E-state index in [0.29, 0.717) is 0 Å². The van der Waals surface area contributed by atoms with Crippen LogP contribution in [-0.2, 0) is 6.42 Å². The van der Waals surface area contributed by atoms with Gasteiger partial charge in [0.2, 0.25) is 0 Å². The first kappa shape index (κ1) is 12.6. The van der Waals surface area contributed by atoms with E-state index >= 15 is 0 Å². The molecule has 0 aliphatic heterocycles. The summed E-state index contributed by atoms with van der Waals surface area (Å²) in [6, 6.07) is 11.6. The number of rotatable bonds is 9. The summed E-state index contributed by atoms with van der Waals surface area (Å²) in [5.74, 6) is 0. The summed E-state index contributed by atoms with van der Waals surface area (Å²) >= 11 is 0. The van der Waals surface area contributed by atoms with Gasteiger partial charge in [0.05, 0.1) is 0 Å². The summed E-state index contributed by atoms with van der Waals surface area (Å²) in [6.45, 7) is 3.46. The van der Waals surface area contributed by atoms with E-state index in [1.165, 1.54) is 44.2 Å². The van der Waals surface area contributed by atoms with E-state index in [-0.39, 0.29) is 0 Å². The maximum absolute atomic E-state index is 3.53. The standard InChI is InChI=1S/C15H24N2/c1-2-6-14(7-3-1)8-4-11-16-12-5-13-17-15-9-10-15/h1-3,6-7,15-17H,4-5,8-13H2. The first-order valence-electron chi connectivity index (χ1n) is 6.93. The van der Waals surface area contributed by atoms with Crippen LogP contribution in [0.5, 0.6) is 0 Å². The number of nitrogens with one attached hydrogen (secondary N) is 2. The van der Waals surface area contributed by atoms with Gasteiger partial charge in [-0.3, -0.25) is 0 Å². The molecule has 1 aliphatic carbocycles. The van der Waals surface area contributed by atoms with Crippen molar-refractivity contribution in [2.45, 2.75) is 38.1 Å². The Bertz CT molecular complexity index is 293. The summed E-state index contributed by atoms with van der Waals surface area (Å²) < 4.78 is 0. The Balaban J connectivity index is 1.38. The molecule has 0 bridgehead atoms. The van der Waals surface area contributed by atoms with E-state index in [1.807, 2.05) is 0 Å². The quantitative estimate of drug-likeness (QED) is 0.639. The number of benzene rings is 1. The van der Waals surface area contributed by atoms with Crippen molar-refractivity contribution in [3.8, 4) is 0 Å². The summed E-state index contributed by atoms with van der Waals surface area (Å²) in [4.78, 5) is 0. The molecule has 1 aromatic rings. The van der Waals surface area contributed by atoms with Gasteiger partial charge in [-0.25, -0.2) is 0 Å². The van der Waals surface area contributed by atoms with Crippen LogP contribution in [-0.4, -0.2) is 25.7 Å². The molecule has 0 spiro atoms. The van der Waals surface area contributed by atoms with Crippen molar-refractivity contribution in [1.29, 1.82) is 0 Å². The summed E-state index contributed by atoms with van der Waals surface area (Å²) in [5.41, 5.74) is 1.45. The third-order valence-electron chi connectivity index (χ3n) is 3.20. The molecule has 17 heavy (non-hydrogen) atoms. The van der Waals surface area contributed by atoms with Gasteiger partial charge in [-0.15, -0.1) is 0 Å². The minimum atomic E-state index is 0.855. The van der Waals surface area contributed by atoms with Crippen LogP contribution in [0.25, 0.3) is 0 Å². The molecule has 0 radical (unpaired) electrons. The minimum absolute atomic E-state index is 0.855. The zero-order valence-electron chi connectivity index (χ0n) is 10.6. The second-order valence-corrected chi connectivity index (χ2v) is 4.92. The van der Waals surface area contributed by atoms with E-state index in [0.717, 1.165) is 19.1 Å². The lowest BCUT2D eigenvalue weighted by molar-refractivity contribution is 0.582. The molecule has 0 atom stereocenters. The van der Waals surface area contributed by atoms with E-state index in [9.17, 15) is 0 Å². The lowest BCUT2D eigenvalue weighted by Gasteiger charge is -2.05. The molecule has 2 nitrogen and oxygen atoms in total. The van der Waals surface area contributed by atoms with Gasteiger partial charge in [-0.2, -0.15) is 0 Å². The molecule has 0 heterocycles. The van der Waals surface area contributed by atoms with Gasteiger partial charge in [-0.1, -0.05) is 30.3 Å². The highest BCUT2D eigenvalue weighted by atomic mass is 14.9. The Morgan fingerprint density at radius 1 is 0.941 bits per heavy atom. The van der Waals surface area contributed by atoms with Gasteiger partial charge in [-0.05, 0) is 57.3 Å². The Kier molecular flexibility index (Phi) is 5.53. The van der Waals surface area contributed by atoms with Crippen molar-refractivity contribution < 1.29 is 0 Å². The average Bonchev–Trinajstić information content (AvgIpc) is 3.18. The van der Waals surface area contributed by atoms with Gasteiger partial charge in [0.15, 0.2) is 0 Å². The zero-order valence-corrected chi connectivity index (χ0v) is 10.6. The zero-order chi connectivity index (χ0) is 11.8. The molecule has 0 amide bonds. The SMILES string of the molecule is c1ccc(CCCNCCCNC2CC2)cc1. The van der Waals surface area contributed by atoms with E-state index in [1.54, 1.807) is 0 Å². The predicted octanol–water partition coefficient (Wildman–Crippen LogP) is 2.35. The Morgan fingerprint density at radius 3 is 2.47 bits per heavy atom. The Morgan fingerprint density at radius 2 is 1.71 bits per heavy atom. The van der Waals surface area contributed by atoms with Crippen LogP contribution >= 0.6 is 0 Å². The number of hydrogen-bond donors (Lipinski definition) is 2. The molecule has 94 valence electrons. The van der Waals surface area contributed by atoms with Gasteiger partial charge in [0, 0.05) is 6.04 Å². The van der Waals surface area contributed by atoms with Crippen LogP contribution in [0, 0.1) is 0 Å². The molecule has 1 fully saturated rings. The molecule has 0 unspecified atom stereocenters. The second-order valence-electron chi connectivity index (χ2n) is 4.92. The molecule has 0 saturated heterocycles. The fourth-order valence-corrected chi connectivity index (χ4v) is 1.99. The van der Waals surface area contributed by atoms with Crippen LogP contribution in [0.1, 0.15) is 31.2 Å². The smallest absolute Gasteiger partial charge is 0.00682 e. The molecular formula is C15H24N2. The molecule has 1 aliphatic rings. The van der Waals surface area contributed by atoms with E-state index in [2.05, 4.69) is 41.0 Å². The summed E-state index contributed by atoms with van der Waals surface area (Å²) in [5, 5.41) is 7.04. The Hall–Kier alpha value is -0.860. The number of hydrogen-bond acceptors (Lipinski definition) is 2. The molecule has 2 N–H and O–H groups in total. The topological polar surface area (TPSA) is 24.1 Å². The van der Waals surface area contributed by atoms with Gasteiger partial charge < -0.3 is 10.6 Å². The lowest BCUT2D eigenvalue weighted by Crippen LogP contribution is -2.24. The van der Waals surface area contributed by atoms with E-state index < -0.39 is 0 Å². The van der Waals surface area contributed by atoms with Crippen LogP contribution in [0.2, 0.25) is 0 Å². The van der Waals surface area contributed by atoms with Gasteiger partial charge in [0.1, 0.15) is 0 Å². The minimum Gasteiger partial charge on any atom is -0.317 e.